The largest absolute Gasteiger partial charge is 0.321 e. The maximum Gasteiger partial charge on any atom is 0.257 e. The van der Waals surface area contributed by atoms with E-state index in [9.17, 15) is 13.2 Å². The van der Waals surface area contributed by atoms with Crippen LogP contribution in [0.25, 0.3) is 0 Å². The highest BCUT2D eigenvalue weighted by atomic mass is 32.2. The van der Waals surface area contributed by atoms with Crippen molar-refractivity contribution in [1.82, 2.24) is 9.29 Å². The van der Waals surface area contributed by atoms with Gasteiger partial charge in [0.1, 0.15) is 0 Å². The van der Waals surface area contributed by atoms with Gasteiger partial charge >= 0.3 is 0 Å². The lowest BCUT2D eigenvalue weighted by atomic mass is 9.97. The van der Waals surface area contributed by atoms with E-state index < -0.39 is 10.0 Å². The van der Waals surface area contributed by atoms with Crippen LogP contribution in [0.15, 0.2) is 30.6 Å². The number of nitrogens with zero attached hydrogens (tertiary/aromatic N) is 2. The predicted molar refractivity (Wildman–Crippen MR) is 97.1 cm³/mol. The number of anilines is 1. The van der Waals surface area contributed by atoms with Crippen LogP contribution < -0.4 is 5.32 Å². The van der Waals surface area contributed by atoms with Gasteiger partial charge in [-0.3, -0.25) is 9.78 Å². The Morgan fingerprint density at radius 2 is 1.88 bits per heavy atom. The lowest BCUT2D eigenvalue weighted by Gasteiger charge is -2.27. The first-order valence-electron chi connectivity index (χ1n) is 8.06. The zero-order chi connectivity index (χ0) is 18.2. The van der Waals surface area contributed by atoms with Crippen molar-refractivity contribution in [3.63, 3.8) is 0 Å². The van der Waals surface area contributed by atoms with Crippen LogP contribution >= 0.6 is 0 Å². The molecule has 1 aromatic heterocycles. The minimum absolute atomic E-state index is 0.213. The highest BCUT2D eigenvalue weighted by Crippen LogP contribution is 2.25. The average molecular weight is 359 g/mol. The summed E-state index contributed by atoms with van der Waals surface area (Å²) in [6, 6.07) is 5.85. The van der Waals surface area contributed by atoms with Crippen LogP contribution in [-0.4, -0.2) is 36.4 Å². The van der Waals surface area contributed by atoms with E-state index in [4.69, 9.17) is 0 Å². The van der Waals surface area contributed by atoms with Gasteiger partial charge in [-0.05, 0) is 42.5 Å². The summed E-state index contributed by atoms with van der Waals surface area (Å²) in [5, 5.41) is 2.98. The molecule has 1 aliphatic heterocycles. The monoisotopic (exact) mass is 359 g/mol. The molecule has 0 radical (unpaired) electrons. The Balaban J connectivity index is 1.91. The smallest absolute Gasteiger partial charge is 0.257 e. The number of fused-ring (bicyclic) bond motifs is 1. The summed E-state index contributed by atoms with van der Waals surface area (Å²) in [6.45, 7) is 4.53. The van der Waals surface area contributed by atoms with Crippen molar-refractivity contribution in [1.29, 1.82) is 0 Å². The predicted octanol–water partition coefficient (Wildman–Crippen LogP) is 2.27. The Bertz CT molecular complexity index is 918. The maximum atomic E-state index is 12.8. The topological polar surface area (TPSA) is 79.4 Å². The molecule has 7 heteroatoms. The number of aromatic nitrogens is 1. The summed E-state index contributed by atoms with van der Waals surface area (Å²) in [5.41, 5.74) is 4.96. The van der Waals surface area contributed by atoms with Crippen molar-refractivity contribution in [2.45, 2.75) is 26.8 Å². The van der Waals surface area contributed by atoms with Gasteiger partial charge in [-0.2, -0.15) is 4.31 Å². The van der Waals surface area contributed by atoms with Crippen molar-refractivity contribution in [3.05, 3.63) is 58.4 Å². The summed E-state index contributed by atoms with van der Waals surface area (Å²) in [7, 11) is -3.26. The highest BCUT2D eigenvalue weighted by molar-refractivity contribution is 7.88. The van der Waals surface area contributed by atoms with Crippen molar-refractivity contribution >= 4 is 21.6 Å². The standard InChI is InChI=1S/C18H21N3O3S/c1-12-5-4-6-13(2)17(12)20-18(22)16-10-19-9-14-11-21(25(3,23)24)8-7-15(14)16/h4-6,9-10H,7-8,11H2,1-3H3,(H,20,22). The van der Waals surface area contributed by atoms with Crippen molar-refractivity contribution < 1.29 is 13.2 Å². The van der Waals surface area contributed by atoms with Gasteiger partial charge in [-0.1, -0.05) is 18.2 Å². The molecular formula is C18H21N3O3S. The van der Waals surface area contributed by atoms with E-state index in [2.05, 4.69) is 10.3 Å². The molecule has 1 N–H and O–H groups in total. The van der Waals surface area contributed by atoms with Crippen LogP contribution in [0.1, 0.15) is 32.6 Å². The van der Waals surface area contributed by atoms with Gasteiger partial charge in [0, 0.05) is 31.2 Å². The van der Waals surface area contributed by atoms with Crippen LogP contribution in [0.3, 0.4) is 0 Å². The van der Waals surface area contributed by atoms with E-state index in [1.54, 1.807) is 12.4 Å². The van der Waals surface area contributed by atoms with Crippen LogP contribution in [0, 0.1) is 13.8 Å². The molecule has 1 amide bonds. The number of carbonyl (C=O) groups is 1. The fourth-order valence-corrected chi connectivity index (χ4v) is 3.94. The summed E-state index contributed by atoms with van der Waals surface area (Å²) in [5.74, 6) is -0.213. The Labute approximate surface area is 147 Å². The molecular weight excluding hydrogens is 338 g/mol. The molecule has 0 spiro atoms. The lowest BCUT2D eigenvalue weighted by molar-refractivity contribution is 0.102. The molecule has 6 nitrogen and oxygen atoms in total. The maximum absolute atomic E-state index is 12.8. The number of benzene rings is 1. The Kier molecular flexibility index (Phi) is 4.62. The zero-order valence-corrected chi connectivity index (χ0v) is 15.4. The number of para-hydroxylation sites is 1. The summed E-state index contributed by atoms with van der Waals surface area (Å²) < 4.78 is 24.9. The summed E-state index contributed by atoms with van der Waals surface area (Å²) >= 11 is 0. The van der Waals surface area contributed by atoms with E-state index in [1.165, 1.54) is 10.6 Å². The SMILES string of the molecule is Cc1cccc(C)c1NC(=O)c1cncc2c1CCN(S(C)(=O)=O)C2. The van der Waals surface area contributed by atoms with Crippen LogP contribution in [0.4, 0.5) is 5.69 Å². The number of amides is 1. The second-order valence-corrected chi connectivity index (χ2v) is 8.37. The van der Waals surface area contributed by atoms with Crippen LogP contribution in [0.2, 0.25) is 0 Å². The quantitative estimate of drug-likeness (QED) is 0.912. The Morgan fingerprint density at radius 3 is 2.52 bits per heavy atom. The molecule has 0 saturated carbocycles. The molecule has 0 aliphatic carbocycles. The van der Waals surface area contributed by atoms with Gasteiger partial charge in [-0.15, -0.1) is 0 Å². The molecule has 3 rings (SSSR count). The molecule has 1 aliphatic rings. The van der Waals surface area contributed by atoms with Crippen LogP contribution in [-0.2, 0) is 23.0 Å². The fourth-order valence-electron chi connectivity index (χ4n) is 3.14. The van der Waals surface area contributed by atoms with Crippen LogP contribution in [0.5, 0.6) is 0 Å². The lowest BCUT2D eigenvalue weighted by Crippen LogP contribution is -2.36. The highest BCUT2D eigenvalue weighted by Gasteiger charge is 2.26. The summed E-state index contributed by atoms with van der Waals surface area (Å²) in [6.07, 6.45) is 4.89. The molecule has 2 aromatic rings. The average Bonchev–Trinajstić information content (AvgIpc) is 2.56. The number of sulfonamides is 1. The number of pyridine rings is 1. The minimum Gasteiger partial charge on any atom is -0.321 e. The van der Waals surface area contributed by atoms with E-state index in [-0.39, 0.29) is 12.5 Å². The molecule has 0 saturated heterocycles. The van der Waals surface area contributed by atoms with Crippen molar-refractivity contribution in [3.8, 4) is 0 Å². The minimum atomic E-state index is -3.26. The van der Waals surface area contributed by atoms with Crippen molar-refractivity contribution in [2.24, 2.45) is 0 Å². The number of rotatable bonds is 3. The van der Waals surface area contributed by atoms with E-state index in [0.29, 0.717) is 18.5 Å². The van der Waals surface area contributed by atoms with E-state index in [0.717, 1.165) is 27.9 Å². The molecule has 25 heavy (non-hydrogen) atoms. The molecule has 0 atom stereocenters. The van der Waals surface area contributed by atoms with Crippen molar-refractivity contribution in [2.75, 3.05) is 18.1 Å². The van der Waals surface area contributed by atoms with Gasteiger partial charge in [0.05, 0.1) is 11.8 Å². The first-order chi connectivity index (χ1) is 11.8. The summed E-state index contributed by atoms with van der Waals surface area (Å²) in [4.78, 5) is 16.9. The Morgan fingerprint density at radius 1 is 1.20 bits per heavy atom. The number of nitrogens with one attached hydrogen (secondary N) is 1. The van der Waals surface area contributed by atoms with Gasteiger partial charge in [0.25, 0.3) is 5.91 Å². The van der Waals surface area contributed by atoms with Gasteiger partial charge in [0.2, 0.25) is 10.0 Å². The van der Waals surface area contributed by atoms with Gasteiger partial charge in [0.15, 0.2) is 0 Å². The molecule has 1 aromatic carbocycles. The van der Waals surface area contributed by atoms with Gasteiger partial charge in [-0.25, -0.2) is 8.42 Å². The third kappa shape index (κ3) is 3.57. The molecule has 0 unspecified atom stereocenters. The molecule has 0 fully saturated rings. The van der Waals surface area contributed by atoms with E-state index >= 15 is 0 Å². The first-order valence-corrected chi connectivity index (χ1v) is 9.90. The fraction of sp³-hybridized carbons (Fsp3) is 0.333. The first kappa shape index (κ1) is 17.6. The normalized spacial score (nSPS) is 14.8. The number of hydrogen-bond donors (Lipinski definition) is 1. The third-order valence-corrected chi connectivity index (χ3v) is 5.79. The Hall–Kier alpha value is -2.25. The molecule has 132 valence electrons. The zero-order valence-electron chi connectivity index (χ0n) is 14.5. The molecule has 2 heterocycles. The van der Waals surface area contributed by atoms with Gasteiger partial charge < -0.3 is 5.32 Å². The van der Waals surface area contributed by atoms with E-state index in [1.807, 2.05) is 32.0 Å². The number of aryl methyl sites for hydroxylation is 2. The second-order valence-electron chi connectivity index (χ2n) is 6.39. The molecule has 0 bridgehead atoms. The third-order valence-electron chi connectivity index (χ3n) is 4.54. The second kappa shape index (κ2) is 6.57. The number of carbonyl (C=O) groups excluding carboxylic acids is 1. The number of hydrogen-bond acceptors (Lipinski definition) is 4.